The van der Waals surface area contributed by atoms with Crippen molar-refractivity contribution in [3.63, 3.8) is 0 Å². The molecule has 0 aliphatic carbocycles. The first-order valence-electron chi connectivity index (χ1n) is 6.75. The number of amides is 2. The number of benzene rings is 1. The second-order valence-corrected chi connectivity index (χ2v) is 5.06. The average molecular weight is 315 g/mol. The Kier molecular flexibility index (Phi) is 4.58. The molecule has 8 heteroatoms. The molecule has 0 radical (unpaired) electrons. The second kappa shape index (κ2) is 6.25. The Morgan fingerprint density at radius 1 is 1.05 bits per heavy atom. The van der Waals surface area contributed by atoms with Gasteiger partial charge in [-0.2, -0.15) is 13.2 Å². The van der Waals surface area contributed by atoms with Crippen LogP contribution in [-0.2, 0) is 15.8 Å². The molecule has 0 spiro atoms. The number of hydrogen-bond acceptors (Lipinski definition) is 3. The molecule has 1 aromatic rings. The van der Waals surface area contributed by atoms with Gasteiger partial charge in [0.15, 0.2) is 0 Å². The Morgan fingerprint density at radius 2 is 1.59 bits per heavy atom. The lowest BCUT2D eigenvalue weighted by Gasteiger charge is -2.36. The molecular weight excluding hydrogens is 299 g/mol. The number of carbonyl (C=O) groups excluding carboxylic acids is 2. The molecule has 0 atom stereocenters. The number of nitrogens with zero attached hydrogens (tertiary/aromatic N) is 2. The van der Waals surface area contributed by atoms with Crippen molar-refractivity contribution in [2.24, 2.45) is 5.73 Å². The van der Waals surface area contributed by atoms with E-state index in [-0.39, 0.29) is 12.3 Å². The molecule has 1 aromatic carbocycles. The van der Waals surface area contributed by atoms with Gasteiger partial charge in [-0.3, -0.25) is 9.59 Å². The van der Waals surface area contributed by atoms with E-state index in [1.54, 1.807) is 0 Å². The van der Waals surface area contributed by atoms with Crippen LogP contribution in [-0.4, -0.2) is 42.9 Å². The number of hydrogen-bond donors (Lipinski definition) is 1. The summed E-state index contributed by atoms with van der Waals surface area (Å²) in [7, 11) is 0. The van der Waals surface area contributed by atoms with Crippen molar-refractivity contribution in [1.29, 1.82) is 0 Å². The highest BCUT2D eigenvalue weighted by Crippen LogP contribution is 2.30. The number of halogens is 3. The maximum absolute atomic E-state index is 12.5. The second-order valence-electron chi connectivity index (χ2n) is 5.06. The normalized spacial score (nSPS) is 15.8. The third kappa shape index (κ3) is 3.90. The van der Waals surface area contributed by atoms with Crippen LogP contribution < -0.4 is 10.6 Å². The minimum Gasteiger partial charge on any atom is -0.369 e. The quantitative estimate of drug-likeness (QED) is 0.853. The molecule has 0 bridgehead atoms. The molecule has 5 nitrogen and oxygen atoms in total. The van der Waals surface area contributed by atoms with Gasteiger partial charge in [0, 0.05) is 31.9 Å². The van der Waals surface area contributed by atoms with Crippen molar-refractivity contribution in [2.45, 2.75) is 12.6 Å². The number of piperazine rings is 1. The molecule has 1 aliphatic rings. The summed E-state index contributed by atoms with van der Waals surface area (Å²) in [6.45, 7) is 1.81. The van der Waals surface area contributed by atoms with Crippen LogP contribution in [0.5, 0.6) is 0 Å². The van der Waals surface area contributed by atoms with Crippen LogP contribution in [0.15, 0.2) is 24.3 Å². The summed E-state index contributed by atoms with van der Waals surface area (Å²) in [5, 5.41) is 0. The molecule has 120 valence electrons. The SMILES string of the molecule is NC(=O)CC(=O)N1CCN(c2ccc(C(F)(F)F)cc2)CC1. The third-order valence-corrected chi connectivity index (χ3v) is 3.52. The predicted molar refractivity (Wildman–Crippen MR) is 74.0 cm³/mol. The molecule has 1 fully saturated rings. The van der Waals surface area contributed by atoms with Gasteiger partial charge in [-0.15, -0.1) is 0 Å². The highest BCUT2D eigenvalue weighted by Gasteiger charge is 2.30. The van der Waals surface area contributed by atoms with Gasteiger partial charge in [0.1, 0.15) is 6.42 Å². The maximum Gasteiger partial charge on any atom is 0.416 e. The zero-order valence-corrected chi connectivity index (χ0v) is 11.8. The minimum absolute atomic E-state index is 0.319. The molecular formula is C14H16F3N3O2. The zero-order chi connectivity index (χ0) is 16.3. The van der Waals surface area contributed by atoms with Gasteiger partial charge >= 0.3 is 6.18 Å². The highest BCUT2D eigenvalue weighted by atomic mass is 19.4. The molecule has 1 saturated heterocycles. The topological polar surface area (TPSA) is 66.6 Å². The molecule has 0 unspecified atom stereocenters. The molecule has 0 aromatic heterocycles. The van der Waals surface area contributed by atoms with E-state index >= 15 is 0 Å². The standard InChI is InChI=1S/C14H16F3N3O2/c15-14(16,17)10-1-3-11(4-2-10)19-5-7-20(8-6-19)13(22)9-12(18)21/h1-4H,5-9H2,(H2,18,21). The van der Waals surface area contributed by atoms with Crippen molar-refractivity contribution < 1.29 is 22.8 Å². The minimum atomic E-state index is -4.35. The van der Waals surface area contributed by atoms with Gasteiger partial charge in [-0.05, 0) is 24.3 Å². The largest absolute Gasteiger partial charge is 0.416 e. The fourth-order valence-corrected chi connectivity index (χ4v) is 2.34. The van der Waals surface area contributed by atoms with Crippen molar-refractivity contribution in [2.75, 3.05) is 31.1 Å². The van der Waals surface area contributed by atoms with E-state index in [0.717, 1.165) is 12.1 Å². The van der Waals surface area contributed by atoms with Crippen LogP contribution in [0, 0.1) is 0 Å². The Hall–Kier alpha value is -2.25. The van der Waals surface area contributed by atoms with Gasteiger partial charge in [0.05, 0.1) is 5.56 Å². The maximum atomic E-state index is 12.5. The van der Waals surface area contributed by atoms with Crippen LogP contribution in [0.2, 0.25) is 0 Å². The highest BCUT2D eigenvalue weighted by molar-refractivity contribution is 5.96. The van der Waals surface area contributed by atoms with Crippen LogP contribution in [0.1, 0.15) is 12.0 Å². The number of alkyl halides is 3. The Morgan fingerprint density at radius 3 is 2.05 bits per heavy atom. The Labute approximate surface area is 125 Å². The van der Waals surface area contributed by atoms with E-state index in [9.17, 15) is 22.8 Å². The molecule has 2 N–H and O–H groups in total. The molecule has 1 heterocycles. The molecule has 0 saturated carbocycles. The number of primary amides is 1. The number of anilines is 1. The number of nitrogens with two attached hydrogens (primary N) is 1. The van der Waals surface area contributed by atoms with Crippen molar-refractivity contribution >= 4 is 17.5 Å². The molecule has 2 amide bonds. The monoisotopic (exact) mass is 315 g/mol. The van der Waals surface area contributed by atoms with Crippen molar-refractivity contribution in [3.8, 4) is 0 Å². The summed E-state index contributed by atoms with van der Waals surface area (Å²) in [5.41, 5.74) is 4.97. The summed E-state index contributed by atoms with van der Waals surface area (Å²) in [5.74, 6) is -0.991. The van der Waals surface area contributed by atoms with Gasteiger partial charge in [-0.25, -0.2) is 0 Å². The van der Waals surface area contributed by atoms with E-state index in [1.165, 1.54) is 17.0 Å². The van der Waals surface area contributed by atoms with Gasteiger partial charge in [0.2, 0.25) is 11.8 Å². The van der Waals surface area contributed by atoms with Crippen LogP contribution >= 0.6 is 0 Å². The summed E-state index contributed by atoms with van der Waals surface area (Å²) >= 11 is 0. The molecule has 22 heavy (non-hydrogen) atoms. The van der Waals surface area contributed by atoms with E-state index in [1.807, 2.05) is 4.90 Å². The van der Waals surface area contributed by atoms with Crippen LogP contribution in [0.25, 0.3) is 0 Å². The molecule has 2 rings (SSSR count). The zero-order valence-electron chi connectivity index (χ0n) is 11.8. The Balaban J connectivity index is 1.94. The third-order valence-electron chi connectivity index (χ3n) is 3.52. The molecule has 1 aliphatic heterocycles. The fourth-order valence-electron chi connectivity index (χ4n) is 2.34. The predicted octanol–water partition coefficient (Wildman–Crippen LogP) is 1.23. The lowest BCUT2D eigenvalue weighted by atomic mass is 10.1. The van der Waals surface area contributed by atoms with Crippen molar-refractivity contribution in [3.05, 3.63) is 29.8 Å². The van der Waals surface area contributed by atoms with E-state index in [4.69, 9.17) is 5.73 Å². The van der Waals surface area contributed by atoms with Crippen LogP contribution in [0.4, 0.5) is 18.9 Å². The van der Waals surface area contributed by atoms with Gasteiger partial charge < -0.3 is 15.5 Å². The van der Waals surface area contributed by atoms with Crippen LogP contribution in [0.3, 0.4) is 0 Å². The first-order chi connectivity index (χ1) is 10.3. The summed E-state index contributed by atoms with van der Waals surface area (Å²) in [6.07, 6.45) is -4.67. The lowest BCUT2D eigenvalue weighted by molar-refractivity contribution is -0.138. The van der Waals surface area contributed by atoms with Gasteiger partial charge in [0.25, 0.3) is 0 Å². The lowest BCUT2D eigenvalue weighted by Crippen LogP contribution is -2.49. The summed E-state index contributed by atoms with van der Waals surface area (Å²) < 4.78 is 37.5. The number of carbonyl (C=O) groups is 2. The smallest absolute Gasteiger partial charge is 0.369 e. The first-order valence-corrected chi connectivity index (χ1v) is 6.75. The fraction of sp³-hybridized carbons (Fsp3) is 0.429. The van der Waals surface area contributed by atoms with E-state index in [0.29, 0.717) is 31.9 Å². The Bertz CT molecular complexity index is 549. The first kappa shape index (κ1) is 16.1. The summed E-state index contributed by atoms with van der Waals surface area (Å²) in [4.78, 5) is 25.8. The number of rotatable bonds is 3. The average Bonchev–Trinajstić information content (AvgIpc) is 2.46. The van der Waals surface area contributed by atoms with E-state index in [2.05, 4.69) is 0 Å². The van der Waals surface area contributed by atoms with Gasteiger partial charge in [-0.1, -0.05) is 0 Å². The van der Waals surface area contributed by atoms with E-state index < -0.39 is 17.6 Å². The van der Waals surface area contributed by atoms with Crippen molar-refractivity contribution in [1.82, 2.24) is 4.90 Å². The summed E-state index contributed by atoms with van der Waals surface area (Å²) in [6, 6.07) is 4.92.